The second-order valence-electron chi connectivity index (χ2n) is 10.3. The Kier molecular flexibility index (Phi) is 10.8. The maximum Gasteiger partial charge on any atom is 0.264 e. The minimum atomic E-state index is -4.20. The fraction of sp³-hybridized carbons (Fsp3) is 0.355. The Labute approximate surface area is 257 Å². The summed E-state index contributed by atoms with van der Waals surface area (Å²) in [7, 11) is -2.63. The molecule has 0 unspecified atom stereocenters. The van der Waals surface area contributed by atoms with Crippen LogP contribution < -0.4 is 14.4 Å². The molecule has 224 valence electrons. The van der Waals surface area contributed by atoms with Gasteiger partial charge in [-0.05, 0) is 67.8 Å². The predicted octanol–water partition coefficient (Wildman–Crippen LogP) is 6.06. The maximum absolute atomic E-state index is 14.1. The zero-order valence-electron chi connectivity index (χ0n) is 23.6. The molecule has 0 aliphatic heterocycles. The van der Waals surface area contributed by atoms with E-state index in [1.807, 2.05) is 12.1 Å². The van der Waals surface area contributed by atoms with Gasteiger partial charge in [0.25, 0.3) is 10.0 Å². The molecule has 1 saturated carbocycles. The molecule has 3 aromatic rings. The summed E-state index contributed by atoms with van der Waals surface area (Å²) in [5, 5.41) is 3.49. The fourth-order valence-corrected chi connectivity index (χ4v) is 6.69. The van der Waals surface area contributed by atoms with Crippen molar-refractivity contribution in [2.24, 2.45) is 0 Å². The second-order valence-corrected chi connectivity index (χ2v) is 13.0. The number of benzene rings is 3. The highest BCUT2D eigenvalue weighted by Gasteiger charge is 2.33. The molecule has 0 spiro atoms. The highest BCUT2D eigenvalue weighted by Crippen LogP contribution is 2.31. The number of hydrogen-bond acceptors (Lipinski definition) is 5. The van der Waals surface area contributed by atoms with Gasteiger partial charge in [0.15, 0.2) is 0 Å². The molecule has 42 heavy (non-hydrogen) atoms. The van der Waals surface area contributed by atoms with Crippen LogP contribution in [0.1, 0.15) is 44.6 Å². The zero-order valence-corrected chi connectivity index (χ0v) is 26.0. The van der Waals surface area contributed by atoms with Gasteiger partial charge in [0, 0.05) is 12.6 Å². The third-order valence-electron chi connectivity index (χ3n) is 7.43. The minimum absolute atomic E-state index is 0.00802. The Morgan fingerprint density at radius 1 is 0.952 bits per heavy atom. The quantitative estimate of drug-likeness (QED) is 0.277. The van der Waals surface area contributed by atoms with Crippen LogP contribution in [0.15, 0.2) is 77.7 Å². The van der Waals surface area contributed by atoms with Crippen molar-refractivity contribution in [3.05, 3.63) is 88.4 Å². The number of amides is 2. The van der Waals surface area contributed by atoms with Crippen molar-refractivity contribution >= 4 is 50.7 Å². The standard InChI is InChI=1S/C31H35Cl2N3O5S/c1-22(31(38)34-24-9-5-3-6-10-24)35(20-23-13-16-26(41-2)17-14-23)30(37)21-36(25-15-18-28(32)29(33)19-25)42(39,40)27-11-7-4-8-12-27/h4,7-8,11-19,22,24H,3,5-6,9-10,20-21H2,1-2H3,(H,34,38)/t22-/m0/s1. The summed E-state index contributed by atoms with van der Waals surface area (Å²) in [5.41, 5.74) is 0.929. The molecule has 1 N–H and O–H groups in total. The molecule has 0 aromatic heterocycles. The van der Waals surface area contributed by atoms with E-state index in [1.165, 1.54) is 35.2 Å². The van der Waals surface area contributed by atoms with Crippen LogP contribution in [0.2, 0.25) is 10.0 Å². The second kappa shape index (κ2) is 14.3. The Hall–Kier alpha value is -3.27. The monoisotopic (exact) mass is 631 g/mol. The topological polar surface area (TPSA) is 96.0 Å². The van der Waals surface area contributed by atoms with Crippen LogP contribution in [0.3, 0.4) is 0 Å². The number of nitrogens with zero attached hydrogens (tertiary/aromatic N) is 2. The number of carbonyl (C=O) groups is 2. The summed E-state index contributed by atoms with van der Waals surface area (Å²) < 4.78 is 34.0. The van der Waals surface area contributed by atoms with E-state index in [1.54, 1.807) is 44.4 Å². The predicted molar refractivity (Wildman–Crippen MR) is 165 cm³/mol. The summed E-state index contributed by atoms with van der Waals surface area (Å²) in [6, 6.07) is 18.6. The number of carbonyl (C=O) groups excluding carboxylic acids is 2. The van der Waals surface area contributed by atoms with Crippen molar-refractivity contribution < 1.29 is 22.7 Å². The first-order valence-electron chi connectivity index (χ1n) is 13.9. The van der Waals surface area contributed by atoms with Gasteiger partial charge >= 0.3 is 0 Å². The Morgan fingerprint density at radius 2 is 1.62 bits per heavy atom. The van der Waals surface area contributed by atoms with Gasteiger partial charge in [-0.3, -0.25) is 13.9 Å². The molecule has 0 saturated heterocycles. The number of anilines is 1. The van der Waals surface area contributed by atoms with Crippen molar-refractivity contribution in [1.82, 2.24) is 10.2 Å². The Morgan fingerprint density at radius 3 is 2.24 bits per heavy atom. The highest BCUT2D eigenvalue weighted by atomic mass is 35.5. The molecule has 0 bridgehead atoms. The van der Waals surface area contributed by atoms with Gasteiger partial charge in [-0.2, -0.15) is 0 Å². The van der Waals surface area contributed by atoms with Gasteiger partial charge in [-0.1, -0.05) is 72.8 Å². The van der Waals surface area contributed by atoms with Crippen LogP contribution in [-0.2, 0) is 26.2 Å². The number of nitrogens with one attached hydrogen (secondary N) is 1. The smallest absolute Gasteiger partial charge is 0.264 e. The first-order chi connectivity index (χ1) is 20.1. The molecule has 1 fully saturated rings. The number of methoxy groups -OCH3 is 1. The van der Waals surface area contributed by atoms with Crippen LogP contribution in [-0.4, -0.2) is 50.9 Å². The molecule has 2 amide bonds. The van der Waals surface area contributed by atoms with Gasteiger partial charge in [0.2, 0.25) is 11.8 Å². The number of ether oxygens (including phenoxy) is 1. The van der Waals surface area contributed by atoms with Crippen LogP contribution in [0.25, 0.3) is 0 Å². The number of halogens is 2. The van der Waals surface area contributed by atoms with Crippen molar-refractivity contribution in [2.75, 3.05) is 18.0 Å². The van der Waals surface area contributed by atoms with Gasteiger partial charge < -0.3 is 15.0 Å². The van der Waals surface area contributed by atoms with E-state index in [0.29, 0.717) is 5.75 Å². The summed E-state index contributed by atoms with van der Waals surface area (Å²) in [5.74, 6) is -0.182. The molecular weight excluding hydrogens is 597 g/mol. The van der Waals surface area contributed by atoms with Gasteiger partial charge in [-0.25, -0.2) is 8.42 Å². The average Bonchev–Trinajstić information content (AvgIpc) is 3.00. The maximum atomic E-state index is 14.1. The molecule has 4 rings (SSSR count). The largest absolute Gasteiger partial charge is 0.497 e. The van der Waals surface area contributed by atoms with Crippen LogP contribution >= 0.6 is 23.2 Å². The number of hydrogen-bond donors (Lipinski definition) is 1. The molecule has 0 radical (unpaired) electrons. The van der Waals surface area contributed by atoms with Crippen LogP contribution in [0.5, 0.6) is 5.75 Å². The van der Waals surface area contributed by atoms with E-state index >= 15 is 0 Å². The molecule has 1 aliphatic rings. The first kappa shape index (κ1) is 31.7. The third kappa shape index (κ3) is 7.76. The van der Waals surface area contributed by atoms with Crippen molar-refractivity contribution in [3.63, 3.8) is 0 Å². The van der Waals surface area contributed by atoms with Gasteiger partial charge in [0.05, 0.1) is 27.7 Å². The van der Waals surface area contributed by atoms with Crippen molar-refractivity contribution in [3.8, 4) is 5.75 Å². The molecule has 1 aliphatic carbocycles. The SMILES string of the molecule is COc1ccc(CN(C(=O)CN(c2ccc(Cl)c(Cl)c2)S(=O)(=O)c2ccccc2)[C@@H](C)C(=O)NC2CCCCC2)cc1. The normalized spacial score (nSPS) is 14.6. The number of rotatable bonds is 11. The van der Waals surface area contributed by atoms with Crippen molar-refractivity contribution in [1.29, 1.82) is 0 Å². The van der Waals surface area contributed by atoms with Gasteiger partial charge in [-0.15, -0.1) is 0 Å². The number of sulfonamides is 1. The van der Waals surface area contributed by atoms with E-state index in [9.17, 15) is 18.0 Å². The van der Waals surface area contributed by atoms with Crippen LogP contribution in [0, 0.1) is 0 Å². The lowest BCUT2D eigenvalue weighted by Crippen LogP contribution is -2.53. The van der Waals surface area contributed by atoms with E-state index in [2.05, 4.69) is 5.32 Å². The first-order valence-corrected chi connectivity index (χ1v) is 16.1. The molecular formula is C31H35Cl2N3O5S. The van der Waals surface area contributed by atoms with E-state index in [-0.39, 0.29) is 39.1 Å². The molecule has 1 atom stereocenters. The van der Waals surface area contributed by atoms with E-state index < -0.39 is 28.5 Å². The third-order valence-corrected chi connectivity index (χ3v) is 9.96. The fourth-order valence-electron chi connectivity index (χ4n) is 4.97. The lowest BCUT2D eigenvalue weighted by Gasteiger charge is -2.33. The molecule has 3 aromatic carbocycles. The lowest BCUT2D eigenvalue weighted by atomic mass is 9.95. The summed E-state index contributed by atoms with van der Waals surface area (Å²) in [4.78, 5) is 28.9. The highest BCUT2D eigenvalue weighted by molar-refractivity contribution is 7.92. The van der Waals surface area contributed by atoms with E-state index in [0.717, 1.165) is 42.0 Å². The van der Waals surface area contributed by atoms with Crippen molar-refractivity contribution in [2.45, 2.75) is 62.6 Å². The lowest BCUT2D eigenvalue weighted by molar-refractivity contribution is -0.139. The summed E-state index contributed by atoms with van der Waals surface area (Å²) >= 11 is 12.4. The molecule has 8 nitrogen and oxygen atoms in total. The molecule has 0 heterocycles. The summed E-state index contributed by atoms with van der Waals surface area (Å²) in [6.07, 6.45) is 5.02. The summed E-state index contributed by atoms with van der Waals surface area (Å²) in [6.45, 7) is 1.18. The zero-order chi connectivity index (χ0) is 30.3. The molecule has 11 heteroatoms. The Bertz CT molecular complexity index is 1480. The van der Waals surface area contributed by atoms with E-state index in [4.69, 9.17) is 27.9 Å². The van der Waals surface area contributed by atoms with Gasteiger partial charge in [0.1, 0.15) is 18.3 Å². The average molecular weight is 633 g/mol. The Balaban J connectivity index is 1.68. The van der Waals surface area contributed by atoms with Crippen LogP contribution in [0.4, 0.5) is 5.69 Å². The minimum Gasteiger partial charge on any atom is -0.497 e.